The van der Waals surface area contributed by atoms with E-state index in [9.17, 15) is 14.3 Å². The van der Waals surface area contributed by atoms with E-state index in [1.54, 1.807) is 16.7 Å². The van der Waals surface area contributed by atoms with Crippen molar-refractivity contribution in [2.75, 3.05) is 6.54 Å². The van der Waals surface area contributed by atoms with Gasteiger partial charge in [0.05, 0.1) is 5.69 Å². The second-order valence-electron chi connectivity index (χ2n) is 5.52. The van der Waals surface area contributed by atoms with Crippen LogP contribution >= 0.6 is 0 Å². The van der Waals surface area contributed by atoms with Crippen LogP contribution in [0.3, 0.4) is 0 Å². The summed E-state index contributed by atoms with van der Waals surface area (Å²) in [4.78, 5) is 17.2. The molecule has 2 aromatic heterocycles. The normalized spacial score (nSPS) is 19.1. The van der Waals surface area contributed by atoms with E-state index in [2.05, 4.69) is 4.98 Å². The number of fused-ring (bicyclic) bond motifs is 1. The first-order chi connectivity index (χ1) is 10.1. The predicted octanol–water partition coefficient (Wildman–Crippen LogP) is 2.86. The van der Waals surface area contributed by atoms with Crippen LogP contribution in [0.4, 0.5) is 9.18 Å². The van der Waals surface area contributed by atoms with Gasteiger partial charge in [-0.25, -0.2) is 14.2 Å². The number of hydrogen-bond donors (Lipinski definition) is 1. The SMILES string of the molecule is Cc1c(C[C@@H]2CCCCN2C(=O)O)nc2c(F)cccn12. The van der Waals surface area contributed by atoms with Gasteiger partial charge >= 0.3 is 6.09 Å². The van der Waals surface area contributed by atoms with E-state index in [4.69, 9.17) is 0 Å². The Labute approximate surface area is 122 Å². The molecule has 3 heterocycles. The molecule has 0 aromatic carbocycles. The second-order valence-corrected chi connectivity index (χ2v) is 5.52. The van der Waals surface area contributed by atoms with Crippen molar-refractivity contribution >= 4 is 11.7 Å². The van der Waals surface area contributed by atoms with Gasteiger partial charge in [-0.15, -0.1) is 0 Å². The lowest BCUT2D eigenvalue weighted by Crippen LogP contribution is -2.44. The molecule has 1 atom stereocenters. The number of hydrogen-bond acceptors (Lipinski definition) is 2. The van der Waals surface area contributed by atoms with E-state index in [-0.39, 0.29) is 11.9 Å². The van der Waals surface area contributed by atoms with Crippen LogP contribution in [-0.4, -0.2) is 38.1 Å². The van der Waals surface area contributed by atoms with Crippen LogP contribution in [0.25, 0.3) is 5.65 Å². The zero-order valence-electron chi connectivity index (χ0n) is 11.9. The Morgan fingerprint density at radius 1 is 1.52 bits per heavy atom. The van der Waals surface area contributed by atoms with Gasteiger partial charge in [0.1, 0.15) is 0 Å². The topological polar surface area (TPSA) is 57.8 Å². The fourth-order valence-electron chi connectivity index (χ4n) is 3.08. The molecule has 0 unspecified atom stereocenters. The fraction of sp³-hybridized carbons (Fsp3) is 0.467. The Morgan fingerprint density at radius 2 is 2.33 bits per heavy atom. The maximum atomic E-state index is 13.8. The van der Waals surface area contributed by atoms with Gasteiger partial charge in [-0.2, -0.15) is 0 Å². The average Bonchev–Trinajstić information content (AvgIpc) is 2.78. The predicted molar refractivity (Wildman–Crippen MR) is 76.0 cm³/mol. The highest BCUT2D eigenvalue weighted by Gasteiger charge is 2.28. The number of pyridine rings is 1. The minimum atomic E-state index is -0.882. The quantitative estimate of drug-likeness (QED) is 0.925. The van der Waals surface area contributed by atoms with Gasteiger partial charge < -0.3 is 14.4 Å². The summed E-state index contributed by atoms with van der Waals surface area (Å²) in [7, 11) is 0. The number of aromatic nitrogens is 2. The number of aryl methyl sites for hydroxylation is 1. The van der Waals surface area contributed by atoms with E-state index in [0.717, 1.165) is 30.7 Å². The third kappa shape index (κ3) is 2.46. The first kappa shape index (κ1) is 13.9. The first-order valence-corrected chi connectivity index (χ1v) is 7.19. The van der Waals surface area contributed by atoms with Crippen molar-refractivity contribution in [3.05, 3.63) is 35.5 Å². The highest BCUT2D eigenvalue weighted by molar-refractivity contribution is 5.65. The van der Waals surface area contributed by atoms with Gasteiger partial charge in [0.2, 0.25) is 0 Å². The molecule has 1 N–H and O–H groups in total. The van der Waals surface area contributed by atoms with Gasteiger partial charge in [0, 0.05) is 30.9 Å². The Kier molecular flexibility index (Phi) is 3.53. The number of nitrogens with zero attached hydrogens (tertiary/aromatic N) is 3. The minimum absolute atomic E-state index is 0.0667. The van der Waals surface area contributed by atoms with Crippen molar-refractivity contribution in [2.45, 2.75) is 38.6 Å². The average molecular weight is 291 g/mol. The Balaban J connectivity index is 1.92. The van der Waals surface area contributed by atoms with E-state index in [0.29, 0.717) is 18.6 Å². The van der Waals surface area contributed by atoms with Crippen LogP contribution in [-0.2, 0) is 6.42 Å². The zero-order chi connectivity index (χ0) is 15.0. The number of carbonyl (C=O) groups is 1. The summed E-state index contributed by atoms with van der Waals surface area (Å²) in [5.41, 5.74) is 1.96. The summed E-state index contributed by atoms with van der Waals surface area (Å²) in [6.45, 7) is 2.46. The van der Waals surface area contributed by atoms with Crippen LogP contribution in [0, 0.1) is 12.7 Å². The number of halogens is 1. The maximum Gasteiger partial charge on any atom is 0.407 e. The van der Waals surface area contributed by atoms with Crippen LogP contribution in [0.5, 0.6) is 0 Å². The molecule has 1 saturated heterocycles. The molecular formula is C15H18FN3O2. The molecule has 1 aliphatic rings. The Morgan fingerprint density at radius 3 is 3.05 bits per heavy atom. The molecule has 3 rings (SSSR count). The molecule has 112 valence electrons. The molecule has 0 aliphatic carbocycles. The molecule has 2 aromatic rings. The molecule has 0 saturated carbocycles. The van der Waals surface area contributed by atoms with Gasteiger partial charge in [0.25, 0.3) is 0 Å². The molecule has 21 heavy (non-hydrogen) atoms. The number of rotatable bonds is 2. The van der Waals surface area contributed by atoms with Gasteiger partial charge in [-0.1, -0.05) is 0 Å². The van der Waals surface area contributed by atoms with Crippen molar-refractivity contribution in [3.63, 3.8) is 0 Å². The van der Waals surface area contributed by atoms with Crippen LogP contribution in [0.15, 0.2) is 18.3 Å². The molecule has 0 radical (unpaired) electrons. The third-order valence-corrected chi connectivity index (χ3v) is 4.24. The highest BCUT2D eigenvalue weighted by atomic mass is 19.1. The van der Waals surface area contributed by atoms with Gasteiger partial charge in [-0.05, 0) is 38.3 Å². The highest BCUT2D eigenvalue weighted by Crippen LogP contribution is 2.23. The largest absolute Gasteiger partial charge is 0.465 e. The van der Waals surface area contributed by atoms with E-state index < -0.39 is 6.09 Å². The van der Waals surface area contributed by atoms with Crippen molar-refractivity contribution < 1.29 is 14.3 Å². The first-order valence-electron chi connectivity index (χ1n) is 7.19. The number of piperidine rings is 1. The molecule has 6 heteroatoms. The van der Waals surface area contributed by atoms with E-state index in [1.807, 2.05) is 6.92 Å². The smallest absolute Gasteiger partial charge is 0.407 e. The monoisotopic (exact) mass is 291 g/mol. The third-order valence-electron chi connectivity index (χ3n) is 4.24. The van der Waals surface area contributed by atoms with Crippen LogP contribution in [0.2, 0.25) is 0 Å². The molecule has 1 amide bonds. The molecule has 0 spiro atoms. The van der Waals surface area contributed by atoms with Crippen molar-refractivity contribution in [3.8, 4) is 0 Å². The molecule has 0 bridgehead atoms. The summed E-state index contributed by atoms with van der Waals surface area (Å²) >= 11 is 0. The zero-order valence-corrected chi connectivity index (χ0v) is 11.9. The molecular weight excluding hydrogens is 273 g/mol. The summed E-state index contributed by atoms with van der Waals surface area (Å²) < 4.78 is 15.5. The Hall–Kier alpha value is -2.11. The second kappa shape index (κ2) is 5.35. The summed E-state index contributed by atoms with van der Waals surface area (Å²) in [6.07, 6.45) is 4.20. The lowest BCUT2D eigenvalue weighted by Gasteiger charge is -2.33. The standard InChI is InChI=1S/C15H18FN3O2/c1-10-13(17-14-12(16)6-4-8-18(10)14)9-11-5-2-3-7-19(11)15(20)21/h4,6,8,11H,2-3,5,7,9H2,1H3,(H,20,21)/t11-/m0/s1. The van der Waals surface area contributed by atoms with Gasteiger partial charge in [-0.3, -0.25) is 0 Å². The van der Waals surface area contributed by atoms with E-state index >= 15 is 0 Å². The van der Waals surface area contributed by atoms with E-state index in [1.165, 1.54) is 11.0 Å². The van der Waals surface area contributed by atoms with Crippen molar-refractivity contribution in [2.24, 2.45) is 0 Å². The summed E-state index contributed by atoms with van der Waals surface area (Å²) in [5.74, 6) is -0.356. The molecule has 1 aliphatic heterocycles. The summed E-state index contributed by atoms with van der Waals surface area (Å²) in [5, 5.41) is 9.28. The van der Waals surface area contributed by atoms with Crippen molar-refractivity contribution in [1.82, 2.24) is 14.3 Å². The number of likely N-dealkylation sites (tertiary alicyclic amines) is 1. The lowest BCUT2D eigenvalue weighted by molar-refractivity contribution is 0.106. The molecule has 1 fully saturated rings. The van der Waals surface area contributed by atoms with Gasteiger partial charge in [0.15, 0.2) is 11.5 Å². The van der Waals surface area contributed by atoms with Crippen LogP contribution in [0.1, 0.15) is 30.7 Å². The number of imidazole rings is 1. The number of carboxylic acid groups (broad SMARTS) is 1. The minimum Gasteiger partial charge on any atom is -0.465 e. The number of amides is 1. The van der Waals surface area contributed by atoms with Crippen LogP contribution < -0.4 is 0 Å². The summed E-state index contributed by atoms with van der Waals surface area (Å²) in [6, 6.07) is 2.96. The lowest BCUT2D eigenvalue weighted by atomic mass is 9.98. The molecule has 5 nitrogen and oxygen atoms in total. The van der Waals surface area contributed by atoms with Crippen molar-refractivity contribution in [1.29, 1.82) is 0 Å². The maximum absolute atomic E-state index is 13.8. The fourth-order valence-corrected chi connectivity index (χ4v) is 3.08. The Bertz CT molecular complexity index is 683.